The fourth-order valence-corrected chi connectivity index (χ4v) is 3.77. The second-order valence-electron chi connectivity index (χ2n) is 6.88. The third-order valence-corrected chi connectivity index (χ3v) is 5.38. The van der Waals surface area contributed by atoms with Crippen molar-refractivity contribution >= 4 is 17.6 Å². The Labute approximate surface area is 166 Å². The number of carbonyl (C=O) groups is 1. The first-order valence-electron chi connectivity index (χ1n) is 9.08. The van der Waals surface area contributed by atoms with Crippen LogP contribution in [0.1, 0.15) is 37.1 Å². The van der Waals surface area contributed by atoms with E-state index in [1.54, 1.807) is 36.4 Å². The van der Waals surface area contributed by atoms with E-state index in [4.69, 9.17) is 20.8 Å². The average Bonchev–Trinajstić information content (AvgIpc) is 3.38. The summed E-state index contributed by atoms with van der Waals surface area (Å²) in [6.07, 6.45) is 3.20. The minimum absolute atomic E-state index is 0.109. The number of carbonyl (C=O) groups excluding carboxylic acids is 1. The van der Waals surface area contributed by atoms with Crippen LogP contribution >= 0.6 is 11.6 Å². The van der Waals surface area contributed by atoms with Crippen molar-refractivity contribution in [2.24, 2.45) is 0 Å². The van der Waals surface area contributed by atoms with E-state index in [2.05, 4.69) is 10.2 Å². The van der Waals surface area contributed by atoms with Gasteiger partial charge in [-0.1, -0.05) is 36.6 Å². The molecule has 0 aliphatic heterocycles. The summed E-state index contributed by atoms with van der Waals surface area (Å²) in [5.74, 6) is -0.129. The summed E-state index contributed by atoms with van der Waals surface area (Å²) in [7, 11) is 0. The molecule has 144 valence electrons. The lowest BCUT2D eigenvalue weighted by Gasteiger charge is -2.26. The van der Waals surface area contributed by atoms with Crippen LogP contribution in [0.5, 0.6) is 0 Å². The van der Waals surface area contributed by atoms with E-state index >= 15 is 0 Å². The van der Waals surface area contributed by atoms with Gasteiger partial charge in [-0.25, -0.2) is 4.39 Å². The highest BCUT2D eigenvalue weighted by atomic mass is 35.5. The van der Waals surface area contributed by atoms with Gasteiger partial charge in [-0.05, 0) is 54.8 Å². The fourth-order valence-electron chi connectivity index (χ4n) is 3.64. The summed E-state index contributed by atoms with van der Waals surface area (Å²) in [4.78, 5) is 12.9. The first kappa shape index (κ1) is 18.6. The van der Waals surface area contributed by atoms with E-state index in [0.29, 0.717) is 23.8 Å². The third-order valence-electron chi connectivity index (χ3n) is 5.13. The van der Waals surface area contributed by atoms with Crippen LogP contribution in [0.3, 0.4) is 0 Å². The molecule has 1 aromatic heterocycles. The summed E-state index contributed by atoms with van der Waals surface area (Å²) in [6.45, 7) is -0.109. The predicted molar refractivity (Wildman–Crippen MR) is 101 cm³/mol. The van der Waals surface area contributed by atoms with Crippen molar-refractivity contribution in [3.63, 3.8) is 0 Å². The first-order chi connectivity index (χ1) is 13.6. The molecule has 1 aliphatic rings. The average molecular weight is 401 g/mol. The molecule has 28 heavy (non-hydrogen) atoms. The highest BCUT2D eigenvalue weighted by Gasteiger charge is 2.44. The van der Waals surface area contributed by atoms with Gasteiger partial charge in [0.15, 0.2) is 6.61 Å². The molecule has 7 heteroatoms. The molecule has 0 amide bonds. The van der Waals surface area contributed by atoms with E-state index < -0.39 is 5.41 Å². The smallest absolute Gasteiger partial charge is 0.317 e. The van der Waals surface area contributed by atoms with Gasteiger partial charge in [0, 0.05) is 10.6 Å². The third kappa shape index (κ3) is 3.64. The summed E-state index contributed by atoms with van der Waals surface area (Å²) in [5, 5.41) is 8.54. The van der Waals surface area contributed by atoms with Crippen molar-refractivity contribution < 1.29 is 18.3 Å². The maximum Gasteiger partial charge on any atom is 0.317 e. The number of nitrogens with zero attached hydrogens (tertiary/aromatic N) is 2. The van der Waals surface area contributed by atoms with E-state index in [1.807, 2.05) is 0 Å². The number of hydrogen-bond donors (Lipinski definition) is 0. The van der Waals surface area contributed by atoms with Gasteiger partial charge in [0.25, 0.3) is 5.89 Å². The summed E-state index contributed by atoms with van der Waals surface area (Å²) < 4.78 is 24.4. The number of halogens is 2. The van der Waals surface area contributed by atoms with Gasteiger partial charge in [0.1, 0.15) is 5.82 Å². The van der Waals surface area contributed by atoms with Crippen LogP contribution in [0.25, 0.3) is 11.5 Å². The van der Waals surface area contributed by atoms with Gasteiger partial charge >= 0.3 is 5.97 Å². The lowest BCUT2D eigenvalue weighted by Crippen LogP contribution is -2.34. The van der Waals surface area contributed by atoms with Crippen LogP contribution in [-0.4, -0.2) is 16.2 Å². The van der Waals surface area contributed by atoms with Crippen molar-refractivity contribution in [2.45, 2.75) is 37.7 Å². The van der Waals surface area contributed by atoms with Crippen LogP contribution < -0.4 is 0 Å². The Bertz CT molecular complexity index is 964. The number of ether oxygens (including phenoxy) is 1. The highest BCUT2D eigenvalue weighted by Crippen LogP contribution is 2.42. The SMILES string of the molecule is O=C(OCc1nnc(-c2ccc(Cl)cc2)o1)C1(c2ccc(F)cc2)CCCC1. The second-order valence-corrected chi connectivity index (χ2v) is 7.32. The Morgan fingerprint density at radius 3 is 2.43 bits per heavy atom. The van der Waals surface area contributed by atoms with Crippen molar-refractivity contribution in [3.05, 3.63) is 70.8 Å². The number of rotatable bonds is 5. The van der Waals surface area contributed by atoms with Crippen LogP contribution in [0.4, 0.5) is 4.39 Å². The summed E-state index contributed by atoms with van der Waals surface area (Å²) >= 11 is 5.88. The zero-order chi connectivity index (χ0) is 19.6. The van der Waals surface area contributed by atoms with Crippen molar-refractivity contribution in [3.8, 4) is 11.5 Å². The lowest BCUT2D eigenvalue weighted by molar-refractivity contribution is -0.152. The minimum Gasteiger partial charge on any atom is -0.455 e. The first-order valence-corrected chi connectivity index (χ1v) is 9.46. The minimum atomic E-state index is -0.743. The van der Waals surface area contributed by atoms with Gasteiger partial charge in [-0.3, -0.25) is 4.79 Å². The van der Waals surface area contributed by atoms with Gasteiger partial charge in [-0.15, -0.1) is 10.2 Å². The second kappa shape index (κ2) is 7.72. The van der Waals surface area contributed by atoms with Crippen molar-refractivity contribution in [2.75, 3.05) is 0 Å². The number of hydrogen-bond acceptors (Lipinski definition) is 5. The molecule has 0 bridgehead atoms. The molecule has 0 spiro atoms. The van der Waals surface area contributed by atoms with Crippen molar-refractivity contribution in [1.29, 1.82) is 0 Å². The van der Waals surface area contributed by atoms with Crippen LogP contribution in [0.2, 0.25) is 5.02 Å². The van der Waals surface area contributed by atoms with Gasteiger partial charge in [-0.2, -0.15) is 0 Å². The van der Waals surface area contributed by atoms with Crippen LogP contribution in [0.15, 0.2) is 52.9 Å². The van der Waals surface area contributed by atoms with Crippen LogP contribution in [-0.2, 0) is 21.6 Å². The Kier molecular flexibility index (Phi) is 5.13. The molecular weight excluding hydrogens is 383 g/mol. The molecule has 1 saturated carbocycles. The van der Waals surface area contributed by atoms with E-state index in [0.717, 1.165) is 24.0 Å². The summed E-state index contributed by atoms with van der Waals surface area (Å²) in [5.41, 5.74) is 0.768. The maximum absolute atomic E-state index is 13.3. The molecule has 0 unspecified atom stereocenters. The van der Waals surface area contributed by atoms with Gasteiger partial charge in [0.05, 0.1) is 5.41 Å². The summed E-state index contributed by atoms with van der Waals surface area (Å²) in [6, 6.07) is 13.1. The predicted octanol–water partition coefficient (Wildman–Crippen LogP) is 5.08. The topological polar surface area (TPSA) is 65.2 Å². The zero-order valence-electron chi connectivity index (χ0n) is 15.0. The monoisotopic (exact) mass is 400 g/mol. The van der Waals surface area contributed by atoms with E-state index in [1.165, 1.54) is 12.1 Å². The molecule has 0 saturated heterocycles. The molecule has 0 N–H and O–H groups in total. The van der Waals surface area contributed by atoms with Crippen molar-refractivity contribution in [1.82, 2.24) is 10.2 Å². The number of benzene rings is 2. The molecule has 5 nitrogen and oxygen atoms in total. The molecule has 0 radical (unpaired) electrons. The quantitative estimate of drug-likeness (QED) is 0.558. The standard InChI is InChI=1S/C21H18ClFN2O3/c22-16-7-3-14(4-8-16)19-25-24-18(28-19)13-27-20(26)21(11-1-2-12-21)15-5-9-17(23)10-6-15/h3-10H,1-2,11-13H2. The Balaban J connectivity index is 1.47. The van der Waals surface area contributed by atoms with E-state index in [9.17, 15) is 9.18 Å². The largest absolute Gasteiger partial charge is 0.455 e. The lowest BCUT2D eigenvalue weighted by atomic mass is 9.79. The number of aromatic nitrogens is 2. The molecule has 4 rings (SSSR count). The van der Waals surface area contributed by atoms with Gasteiger partial charge in [0.2, 0.25) is 5.89 Å². The molecule has 2 aromatic carbocycles. The Hall–Kier alpha value is -2.73. The highest BCUT2D eigenvalue weighted by molar-refractivity contribution is 6.30. The molecule has 1 heterocycles. The molecule has 1 fully saturated rings. The maximum atomic E-state index is 13.3. The zero-order valence-corrected chi connectivity index (χ0v) is 15.8. The molecule has 3 aromatic rings. The van der Waals surface area contributed by atoms with E-state index in [-0.39, 0.29) is 24.3 Å². The number of esters is 1. The molecular formula is C21H18ClFN2O3. The molecule has 1 aliphatic carbocycles. The molecule has 0 atom stereocenters. The Morgan fingerprint density at radius 1 is 1.07 bits per heavy atom. The Morgan fingerprint density at radius 2 is 1.75 bits per heavy atom. The fraction of sp³-hybridized carbons (Fsp3) is 0.286. The van der Waals surface area contributed by atoms with Crippen LogP contribution in [0, 0.1) is 5.82 Å². The normalized spacial score (nSPS) is 15.5. The van der Waals surface area contributed by atoms with Gasteiger partial charge < -0.3 is 9.15 Å².